The number of carbonyl (C=O) groups is 1. The number of anilines is 1. The maximum Gasteiger partial charge on any atom is 0.235 e. The van der Waals surface area contributed by atoms with Crippen molar-refractivity contribution in [3.8, 4) is 0 Å². The lowest BCUT2D eigenvalue weighted by atomic mass is 10.1. The number of hydrogen-bond acceptors (Lipinski definition) is 5. The van der Waals surface area contributed by atoms with Crippen molar-refractivity contribution in [2.24, 2.45) is 0 Å². The summed E-state index contributed by atoms with van der Waals surface area (Å²) in [7, 11) is -3.78. The predicted molar refractivity (Wildman–Crippen MR) is 79.9 cm³/mol. The predicted octanol–water partition coefficient (Wildman–Crippen LogP) is 0.991. The summed E-state index contributed by atoms with van der Waals surface area (Å²) in [5.74, 6) is -1.16. The van der Waals surface area contributed by atoms with Gasteiger partial charge in [-0.25, -0.2) is 8.42 Å². The van der Waals surface area contributed by atoms with E-state index in [-0.39, 0.29) is 16.6 Å². The molecule has 1 heterocycles. The Morgan fingerprint density at radius 1 is 1.38 bits per heavy atom. The van der Waals surface area contributed by atoms with Crippen LogP contribution >= 0.6 is 11.6 Å². The molecule has 0 aliphatic carbocycles. The SMILES string of the molecule is Nc1cc(Cl)ccc1S(=O)(=O)CC(=O)NC1CCOCC1. The Labute approximate surface area is 128 Å². The van der Waals surface area contributed by atoms with Crippen LogP contribution in [0, 0.1) is 0 Å². The lowest BCUT2D eigenvalue weighted by molar-refractivity contribution is -0.119. The van der Waals surface area contributed by atoms with Crippen molar-refractivity contribution in [3.63, 3.8) is 0 Å². The van der Waals surface area contributed by atoms with Crippen molar-refractivity contribution in [2.45, 2.75) is 23.8 Å². The van der Waals surface area contributed by atoms with E-state index in [0.717, 1.165) is 0 Å². The molecule has 0 radical (unpaired) electrons. The van der Waals surface area contributed by atoms with Crippen molar-refractivity contribution < 1.29 is 17.9 Å². The number of nitrogens with two attached hydrogens (primary N) is 1. The summed E-state index contributed by atoms with van der Waals surface area (Å²) >= 11 is 5.74. The Morgan fingerprint density at radius 2 is 2.05 bits per heavy atom. The first-order valence-corrected chi connectivity index (χ1v) is 8.56. The second kappa shape index (κ2) is 6.64. The first kappa shape index (κ1) is 16.1. The first-order chi connectivity index (χ1) is 9.88. The number of halogens is 1. The van der Waals surface area contributed by atoms with Crippen LogP contribution in [-0.4, -0.2) is 39.3 Å². The number of nitrogens with one attached hydrogen (secondary N) is 1. The molecule has 0 aromatic heterocycles. The van der Waals surface area contributed by atoms with Crippen LogP contribution in [0.15, 0.2) is 23.1 Å². The molecule has 0 saturated carbocycles. The molecule has 1 fully saturated rings. The minimum atomic E-state index is -3.78. The fraction of sp³-hybridized carbons (Fsp3) is 0.462. The summed E-state index contributed by atoms with van der Waals surface area (Å²) < 4.78 is 29.6. The van der Waals surface area contributed by atoms with E-state index in [1.807, 2.05) is 0 Å². The van der Waals surface area contributed by atoms with Gasteiger partial charge >= 0.3 is 0 Å². The minimum Gasteiger partial charge on any atom is -0.398 e. The number of benzene rings is 1. The van der Waals surface area contributed by atoms with Gasteiger partial charge in [0, 0.05) is 24.3 Å². The summed E-state index contributed by atoms with van der Waals surface area (Å²) in [6.45, 7) is 1.14. The minimum absolute atomic E-state index is 0.0379. The summed E-state index contributed by atoms with van der Waals surface area (Å²) in [5.41, 5.74) is 5.70. The quantitative estimate of drug-likeness (QED) is 0.801. The van der Waals surface area contributed by atoms with Gasteiger partial charge in [0.25, 0.3) is 0 Å². The van der Waals surface area contributed by atoms with Gasteiger partial charge in [0.1, 0.15) is 5.75 Å². The van der Waals surface area contributed by atoms with Gasteiger partial charge in [-0.2, -0.15) is 0 Å². The van der Waals surface area contributed by atoms with E-state index in [0.29, 0.717) is 31.1 Å². The van der Waals surface area contributed by atoms with Gasteiger partial charge in [-0.3, -0.25) is 4.79 Å². The summed E-state index contributed by atoms with van der Waals surface area (Å²) in [4.78, 5) is 11.8. The molecule has 1 aromatic carbocycles. The van der Waals surface area contributed by atoms with Gasteiger partial charge in [-0.1, -0.05) is 11.6 Å². The highest BCUT2D eigenvalue weighted by molar-refractivity contribution is 7.92. The molecule has 1 saturated heterocycles. The highest BCUT2D eigenvalue weighted by Gasteiger charge is 2.24. The average molecular weight is 333 g/mol. The van der Waals surface area contributed by atoms with E-state index in [9.17, 15) is 13.2 Å². The van der Waals surface area contributed by atoms with Crippen LogP contribution < -0.4 is 11.1 Å². The molecule has 8 heteroatoms. The van der Waals surface area contributed by atoms with Crippen molar-refractivity contribution in [1.29, 1.82) is 0 Å². The zero-order chi connectivity index (χ0) is 15.5. The smallest absolute Gasteiger partial charge is 0.235 e. The van der Waals surface area contributed by atoms with Crippen molar-refractivity contribution in [1.82, 2.24) is 5.32 Å². The number of ether oxygens (including phenoxy) is 1. The normalized spacial score (nSPS) is 16.6. The topological polar surface area (TPSA) is 98.5 Å². The monoisotopic (exact) mass is 332 g/mol. The maximum atomic E-state index is 12.2. The molecule has 1 aliphatic rings. The number of hydrogen-bond donors (Lipinski definition) is 2. The van der Waals surface area contributed by atoms with E-state index in [4.69, 9.17) is 22.1 Å². The second-order valence-electron chi connectivity index (χ2n) is 4.90. The third kappa shape index (κ3) is 4.33. The Morgan fingerprint density at radius 3 is 2.67 bits per heavy atom. The van der Waals surface area contributed by atoms with E-state index in [1.165, 1.54) is 18.2 Å². The molecule has 1 aromatic rings. The number of rotatable bonds is 4. The Kier molecular flexibility index (Phi) is 5.08. The molecule has 0 spiro atoms. The molecule has 116 valence electrons. The number of carbonyl (C=O) groups excluding carboxylic acids is 1. The second-order valence-corrected chi connectivity index (χ2v) is 7.29. The number of sulfone groups is 1. The van der Waals surface area contributed by atoms with Crippen LogP contribution in [-0.2, 0) is 19.4 Å². The van der Waals surface area contributed by atoms with Crippen LogP contribution in [0.25, 0.3) is 0 Å². The van der Waals surface area contributed by atoms with Gasteiger partial charge in [0.05, 0.1) is 10.6 Å². The van der Waals surface area contributed by atoms with Crippen molar-refractivity contribution >= 4 is 33.0 Å². The third-order valence-electron chi connectivity index (χ3n) is 3.21. The third-order valence-corrected chi connectivity index (χ3v) is 5.13. The zero-order valence-electron chi connectivity index (χ0n) is 11.3. The largest absolute Gasteiger partial charge is 0.398 e. The molecule has 2 rings (SSSR count). The fourth-order valence-corrected chi connectivity index (χ4v) is 3.62. The van der Waals surface area contributed by atoms with Gasteiger partial charge in [0.15, 0.2) is 9.84 Å². The molecule has 0 atom stereocenters. The first-order valence-electron chi connectivity index (χ1n) is 6.53. The van der Waals surface area contributed by atoms with E-state index < -0.39 is 21.5 Å². The Bertz CT molecular complexity index is 627. The zero-order valence-corrected chi connectivity index (χ0v) is 12.9. The molecule has 0 unspecified atom stereocenters. The summed E-state index contributed by atoms with van der Waals surface area (Å²) in [5, 5.41) is 3.06. The van der Waals surface area contributed by atoms with Gasteiger partial charge in [0.2, 0.25) is 5.91 Å². The molecular formula is C13H17ClN2O4S. The van der Waals surface area contributed by atoms with Crippen molar-refractivity contribution in [3.05, 3.63) is 23.2 Å². The van der Waals surface area contributed by atoms with E-state index in [2.05, 4.69) is 5.32 Å². The highest BCUT2D eigenvalue weighted by atomic mass is 35.5. The summed E-state index contributed by atoms with van der Waals surface area (Å²) in [6, 6.07) is 4.06. The molecular weight excluding hydrogens is 316 g/mol. The van der Waals surface area contributed by atoms with Gasteiger partial charge < -0.3 is 15.8 Å². The standard InChI is InChI=1S/C13H17ClN2O4S/c14-9-1-2-12(11(15)7-9)21(18,19)8-13(17)16-10-3-5-20-6-4-10/h1-2,7,10H,3-6,8,15H2,(H,16,17). The fourth-order valence-electron chi connectivity index (χ4n) is 2.16. The molecule has 1 amide bonds. The number of nitrogen functional groups attached to an aromatic ring is 1. The van der Waals surface area contributed by atoms with E-state index >= 15 is 0 Å². The van der Waals surface area contributed by atoms with E-state index in [1.54, 1.807) is 0 Å². The highest BCUT2D eigenvalue weighted by Crippen LogP contribution is 2.23. The lowest BCUT2D eigenvalue weighted by Crippen LogP contribution is -2.41. The molecule has 6 nitrogen and oxygen atoms in total. The average Bonchev–Trinajstić information content (AvgIpc) is 2.38. The Hall–Kier alpha value is -1.31. The van der Waals surface area contributed by atoms with Gasteiger partial charge in [-0.15, -0.1) is 0 Å². The van der Waals surface area contributed by atoms with Crippen LogP contribution in [0.1, 0.15) is 12.8 Å². The van der Waals surface area contributed by atoms with Crippen LogP contribution in [0.5, 0.6) is 0 Å². The Balaban J connectivity index is 2.04. The van der Waals surface area contributed by atoms with Crippen LogP contribution in [0.4, 0.5) is 5.69 Å². The van der Waals surface area contributed by atoms with Crippen LogP contribution in [0.3, 0.4) is 0 Å². The molecule has 21 heavy (non-hydrogen) atoms. The van der Waals surface area contributed by atoms with Crippen LogP contribution in [0.2, 0.25) is 5.02 Å². The number of amides is 1. The molecule has 0 bridgehead atoms. The molecule has 1 aliphatic heterocycles. The summed E-state index contributed by atoms with van der Waals surface area (Å²) in [6.07, 6.45) is 1.38. The lowest BCUT2D eigenvalue weighted by Gasteiger charge is -2.23. The maximum absolute atomic E-state index is 12.2. The van der Waals surface area contributed by atoms with Crippen molar-refractivity contribution in [2.75, 3.05) is 24.7 Å². The van der Waals surface area contributed by atoms with Gasteiger partial charge in [-0.05, 0) is 31.0 Å². The molecule has 3 N–H and O–H groups in total.